The Kier molecular flexibility index (Phi) is 8.32. The number of nitrogens with two attached hydrogens (primary N) is 2. The lowest BCUT2D eigenvalue weighted by Gasteiger charge is -2.32. The van der Waals surface area contributed by atoms with E-state index in [9.17, 15) is 4.79 Å². The number of nitrogens with zero attached hydrogens (tertiary/aromatic N) is 4. The maximum Gasteiger partial charge on any atom is 0.257 e. The molecule has 2 aromatic carbocycles. The van der Waals surface area contributed by atoms with Crippen molar-refractivity contribution in [2.75, 3.05) is 29.9 Å². The fourth-order valence-electron chi connectivity index (χ4n) is 3.20. The predicted molar refractivity (Wildman–Crippen MR) is 144 cm³/mol. The number of carbonyl (C=O) groups is 1. The SMILES string of the molecule is NC(/C=C(\N)CO)=Nc1cc(N2CCC2)nc(Sc2ccc(NC(=O)c3cccc(Cl)c3Cl)cc2)n1. The van der Waals surface area contributed by atoms with Crippen LogP contribution in [0.5, 0.6) is 0 Å². The first-order valence-electron chi connectivity index (χ1n) is 10.9. The number of rotatable bonds is 8. The Balaban J connectivity index is 1.51. The lowest BCUT2D eigenvalue weighted by molar-refractivity contribution is 0.102. The van der Waals surface area contributed by atoms with E-state index in [1.54, 1.807) is 36.4 Å². The van der Waals surface area contributed by atoms with Crippen LogP contribution in [-0.4, -0.2) is 46.5 Å². The molecule has 4 rings (SSSR count). The second-order valence-corrected chi connectivity index (χ2v) is 9.63. The van der Waals surface area contributed by atoms with Gasteiger partial charge in [0.25, 0.3) is 5.91 Å². The highest BCUT2D eigenvalue weighted by Crippen LogP contribution is 2.31. The number of halogens is 2. The Hall–Kier alpha value is -3.31. The summed E-state index contributed by atoms with van der Waals surface area (Å²) < 4.78 is 0. The fourth-order valence-corrected chi connectivity index (χ4v) is 4.35. The number of anilines is 2. The minimum atomic E-state index is -0.357. The molecule has 0 aliphatic carbocycles. The summed E-state index contributed by atoms with van der Waals surface area (Å²) in [6.07, 6.45) is 2.48. The van der Waals surface area contributed by atoms with Crippen molar-refractivity contribution in [2.24, 2.45) is 16.5 Å². The normalized spacial score (nSPS) is 13.9. The average Bonchev–Trinajstić information content (AvgIpc) is 2.80. The zero-order chi connectivity index (χ0) is 25.7. The van der Waals surface area contributed by atoms with Crippen LogP contribution in [-0.2, 0) is 0 Å². The van der Waals surface area contributed by atoms with Gasteiger partial charge in [0.05, 0.1) is 22.2 Å². The van der Waals surface area contributed by atoms with E-state index in [1.807, 2.05) is 12.1 Å². The van der Waals surface area contributed by atoms with E-state index < -0.39 is 0 Å². The van der Waals surface area contributed by atoms with Crippen molar-refractivity contribution in [3.05, 3.63) is 75.9 Å². The molecule has 12 heteroatoms. The van der Waals surface area contributed by atoms with E-state index in [-0.39, 0.29) is 29.1 Å². The summed E-state index contributed by atoms with van der Waals surface area (Å²) in [5.41, 5.74) is 12.6. The number of aromatic nitrogens is 2. The molecular formula is C24H23Cl2N7O2S. The Labute approximate surface area is 222 Å². The lowest BCUT2D eigenvalue weighted by atomic mass is 10.2. The third-order valence-corrected chi connectivity index (χ3v) is 6.83. The molecule has 1 aliphatic rings. The Morgan fingerprint density at radius 2 is 1.92 bits per heavy atom. The molecule has 1 fully saturated rings. The molecule has 2 heterocycles. The monoisotopic (exact) mass is 543 g/mol. The molecule has 0 saturated carbocycles. The molecule has 0 bridgehead atoms. The van der Waals surface area contributed by atoms with Crippen molar-refractivity contribution in [1.29, 1.82) is 0 Å². The zero-order valence-corrected chi connectivity index (χ0v) is 21.3. The summed E-state index contributed by atoms with van der Waals surface area (Å²) in [4.78, 5) is 29.0. The summed E-state index contributed by atoms with van der Waals surface area (Å²) in [6.45, 7) is 1.49. The van der Waals surface area contributed by atoms with E-state index >= 15 is 0 Å². The van der Waals surface area contributed by atoms with Gasteiger partial charge in [-0.1, -0.05) is 29.3 Å². The molecule has 9 nitrogen and oxygen atoms in total. The maximum absolute atomic E-state index is 12.6. The molecule has 1 aliphatic heterocycles. The molecule has 1 amide bonds. The minimum Gasteiger partial charge on any atom is -0.400 e. The molecule has 0 radical (unpaired) electrons. The highest BCUT2D eigenvalue weighted by molar-refractivity contribution is 7.99. The molecule has 186 valence electrons. The van der Waals surface area contributed by atoms with Gasteiger partial charge in [-0.15, -0.1) is 0 Å². The number of aliphatic hydroxyl groups is 1. The van der Waals surface area contributed by atoms with Gasteiger partial charge in [-0.25, -0.2) is 15.0 Å². The molecule has 0 unspecified atom stereocenters. The van der Waals surface area contributed by atoms with Crippen LogP contribution in [0.3, 0.4) is 0 Å². The van der Waals surface area contributed by atoms with Gasteiger partial charge in [-0.3, -0.25) is 4.79 Å². The van der Waals surface area contributed by atoms with Gasteiger partial charge in [0.1, 0.15) is 11.7 Å². The molecule has 0 spiro atoms. The third kappa shape index (κ3) is 6.46. The molecule has 3 aromatic rings. The van der Waals surface area contributed by atoms with Gasteiger partial charge in [0.2, 0.25) is 0 Å². The number of aliphatic imine (C=N–C) groups is 1. The van der Waals surface area contributed by atoms with Crippen molar-refractivity contribution in [2.45, 2.75) is 16.5 Å². The van der Waals surface area contributed by atoms with Crippen LogP contribution < -0.4 is 21.7 Å². The first kappa shape index (κ1) is 25.8. The predicted octanol–water partition coefficient (Wildman–Crippen LogP) is 4.22. The van der Waals surface area contributed by atoms with Crippen LogP contribution in [0, 0.1) is 0 Å². The first-order chi connectivity index (χ1) is 17.3. The van der Waals surface area contributed by atoms with Gasteiger partial charge >= 0.3 is 0 Å². The number of nitrogens with one attached hydrogen (secondary N) is 1. The number of amides is 1. The number of hydrogen-bond acceptors (Lipinski definition) is 8. The second-order valence-electron chi connectivity index (χ2n) is 7.80. The van der Waals surface area contributed by atoms with E-state index in [2.05, 4.69) is 25.2 Å². The van der Waals surface area contributed by atoms with Gasteiger partial charge in [-0.05, 0) is 54.6 Å². The summed E-state index contributed by atoms with van der Waals surface area (Å²) in [5, 5.41) is 12.9. The standard InChI is InChI=1S/C24H23Cl2N7O2S/c25-18-4-1-3-17(22(18)26)23(35)29-15-5-7-16(8-6-15)36-24-31-20(30-19(28)11-14(27)13-34)12-21(32-24)33-9-2-10-33/h1,3-8,11-12,34H,2,9-10,13,27H2,(H,29,35)(H2,28,30,31,32)/b14-11-. The molecule has 36 heavy (non-hydrogen) atoms. The average molecular weight is 544 g/mol. The lowest BCUT2D eigenvalue weighted by Crippen LogP contribution is -2.37. The van der Waals surface area contributed by atoms with Crippen molar-refractivity contribution in [3.63, 3.8) is 0 Å². The molecular weight excluding hydrogens is 521 g/mol. The van der Waals surface area contributed by atoms with Crippen molar-refractivity contribution < 1.29 is 9.90 Å². The van der Waals surface area contributed by atoms with Crippen LogP contribution in [0.25, 0.3) is 0 Å². The van der Waals surface area contributed by atoms with E-state index in [0.29, 0.717) is 27.2 Å². The number of aliphatic hydroxyl groups excluding tert-OH is 1. The van der Waals surface area contributed by atoms with Crippen LogP contribution in [0.1, 0.15) is 16.8 Å². The summed E-state index contributed by atoms with van der Waals surface area (Å²) in [7, 11) is 0. The zero-order valence-electron chi connectivity index (χ0n) is 19.0. The highest BCUT2D eigenvalue weighted by Gasteiger charge is 2.18. The highest BCUT2D eigenvalue weighted by atomic mass is 35.5. The quantitative estimate of drug-likeness (QED) is 0.188. The van der Waals surface area contributed by atoms with Crippen LogP contribution in [0.2, 0.25) is 10.0 Å². The summed E-state index contributed by atoms with van der Waals surface area (Å²) >= 11 is 13.5. The van der Waals surface area contributed by atoms with Crippen molar-refractivity contribution in [3.8, 4) is 0 Å². The molecule has 1 aromatic heterocycles. The van der Waals surface area contributed by atoms with Gasteiger partial charge in [0, 0.05) is 41.5 Å². The smallest absolute Gasteiger partial charge is 0.257 e. The fraction of sp³-hybridized carbons (Fsp3) is 0.167. The second kappa shape index (κ2) is 11.6. The Morgan fingerprint density at radius 1 is 1.17 bits per heavy atom. The largest absolute Gasteiger partial charge is 0.400 e. The van der Waals surface area contributed by atoms with Crippen LogP contribution in [0.4, 0.5) is 17.3 Å². The number of carbonyl (C=O) groups excluding carboxylic acids is 1. The number of hydrogen-bond donors (Lipinski definition) is 4. The van der Waals surface area contributed by atoms with E-state index in [1.165, 1.54) is 17.8 Å². The number of amidine groups is 1. The summed E-state index contributed by atoms with van der Waals surface area (Å²) in [6, 6.07) is 13.9. The molecule has 1 saturated heterocycles. The molecule has 0 atom stereocenters. The van der Waals surface area contributed by atoms with Gasteiger partial charge in [0.15, 0.2) is 11.0 Å². The van der Waals surface area contributed by atoms with E-state index in [4.69, 9.17) is 39.8 Å². The Bertz CT molecular complexity index is 1330. The third-order valence-electron chi connectivity index (χ3n) is 5.14. The van der Waals surface area contributed by atoms with Crippen molar-refractivity contribution in [1.82, 2.24) is 9.97 Å². The summed E-state index contributed by atoms with van der Waals surface area (Å²) in [5.74, 6) is 0.915. The van der Waals surface area contributed by atoms with Crippen LogP contribution >= 0.6 is 35.0 Å². The van der Waals surface area contributed by atoms with Gasteiger partial charge in [-0.2, -0.15) is 0 Å². The van der Waals surface area contributed by atoms with E-state index in [0.717, 1.165) is 30.2 Å². The van der Waals surface area contributed by atoms with Crippen LogP contribution in [0.15, 0.2) is 75.3 Å². The molecule has 6 N–H and O–H groups in total. The van der Waals surface area contributed by atoms with Gasteiger partial charge < -0.3 is 26.8 Å². The minimum absolute atomic E-state index is 0.130. The maximum atomic E-state index is 12.6. The Morgan fingerprint density at radius 3 is 2.58 bits per heavy atom. The first-order valence-corrected chi connectivity index (χ1v) is 12.5. The number of benzene rings is 2. The van der Waals surface area contributed by atoms with Crippen molar-refractivity contribution >= 4 is 64.0 Å². The topological polar surface area (TPSA) is 143 Å².